The Balaban J connectivity index is 2.29. The molecule has 48 valence electrons. The average Bonchev–Trinajstić information content (AvgIpc) is 2.00. The van der Waals surface area contributed by atoms with Crippen molar-refractivity contribution in [2.45, 2.75) is 19.1 Å². The van der Waals surface area contributed by atoms with E-state index in [1.807, 2.05) is 0 Å². The second-order valence-corrected chi connectivity index (χ2v) is 2.28. The van der Waals surface area contributed by atoms with E-state index in [-0.39, 0.29) is 0 Å². The SMILES string of the molecule is B1CCCN=C=NCC1. The van der Waals surface area contributed by atoms with E-state index in [2.05, 4.69) is 16.0 Å². The minimum absolute atomic E-state index is 0.920. The number of rotatable bonds is 0. The summed E-state index contributed by atoms with van der Waals surface area (Å²) >= 11 is 0. The molecule has 0 saturated heterocycles. The van der Waals surface area contributed by atoms with Gasteiger partial charge in [-0.3, -0.25) is 0 Å². The molecule has 0 atom stereocenters. The fraction of sp³-hybridized carbons (Fsp3) is 0.833. The Bertz CT molecular complexity index is 115. The van der Waals surface area contributed by atoms with Crippen molar-refractivity contribution in [1.29, 1.82) is 0 Å². The summed E-state index contributed by atoms with van der Waals surface area (Å²) in [7, 11) is 1.31. The fourth-order valence-corrected chi connectivity index (χ4v) is 0.885. The van der Waals surface area contributed by atoms with Gasteiger partial charge in [0.1, 0.15) is 7.28 Å². The molecule has 0 aromatic rings. The Labute approximate surface area is 56.3 Å². The molecule has 9 heavy (non-hydrogen) atoms. The first-order valence-electron chi connectivity index (χ1n) is 3.58. The zero-order valence-electron chi connectivity index (χ0n) is 5.64. The van der Waals surface area contributed by atoms with Gasteiger partial charge in [-0.25, -0.2) is 9.98 Å². The maximum Gasteiger partial charge on any atom is 0.123 e. The van der Waals surface area contributed by atoms with Crippen LogP contribution in [0.15, 0.2) is 9.98 Å². The molecule has 0 saturated carbocycles. The van der Waals surface area contributed by atoms with Crippen LogP contribution in [-0.2, 0) is 0 Å². The van der Waals surface area contributed by atoms with E-state index in [4.69, 9.17) is 0 Å². The van der Waals surface area contributed by atoms with Gasteiger partial charge >= 0.3 is 0 Å². The van der Waals surface area contributed by atoms with Gasteiger partial charge < -0.3 is 0 Å². The highest BCUT2D eigenvalue weighted by Gasteiger charge is 1.91. The number of aliphatic imine (C=N–C) groups is 2. The quantitative estimate of drug-likeness (QED) is 0.425. The van der Waals surface area contributed by atoms with Crippen LogP contribution in [0.4, 0.5) is 0 Å². The third-order valence-electron chi connectivity index (χ3n) is 1.43. The van der Waals surface area contributed by atoms with Crippen molar-refractivity contribution in [3.05, 3.63) is 0 Å². The standard InChI is InChI=1S/C6H11BN2/c1-2-7-3-5-9-6-8-4-1/h7H,1-5H2. The van der Waals surface area contributed by atoms with Crippen molar-refractivity contribution < 1.29 is 0 Å². The molecule has 2 nitrogen and oxygen atoms in total. The molecular weight excluding hydrogens is 111 g/mol. The molecule has 1 aliphatic heterocycles. The summed E-state index contributed by atoms with van der Waals surface area (Å²) in [6.07, 6.45) is 3.73. The number of hydrogen-bond acceptors (Lipinski definition) is 2. The van der Waals surface area contributed by atoms with Gasteiger partial charge in [-0.15, -0.1) is 0 Å². The fourth-order valence-electron chi connectivity index (χ4n) is 0.885. The van der Waals surface area contributed by atoms with Crippen LogP contribution in [0.2, 0.25) is 12.6 Å². The van der Waals surface area contributed by atoms with Crippen molar-refractivity contribution >= 4 is 13.3 Å². The molecule has 0 N–H and O–H groups in total. The maximum absolute atomic E-state index is 3.97. The van der Waals surface area contributed by atoms with Crippen molar-refractivity contribution in [2.24, 2.45) is 9.98 Å². The Morgan fingerprint density at radius 2 is 2.00 bits per heavy atom. The largest absolute Gasteiger partial charge is 0.226 e. The summed E-state index contributed by atoms with van der Waals surface area (Å²) in [6.45, 7) is 1.84. The van der Waals surface area contributed by atoms with Crippen molar-refractivity contribution in [1.82, 2.24) is 0 Å². The second kappa shape index (κ2) is 4.34. The van der Waals surface area contributed by atoms with E-state index < -0.39 is 0 Å². The predicted octanol–water partition coefficient (Wildman–Crippen LogP) is 0.837. The highest BCUT2D eigenvalue weighted by Crippen LogP contribution is 1.94. The lowest BCUT2D eigenvalue weighted by atomic mass is 9.70. The van der Waals surface area contributed by atoms with Crippen molar-refractivity contribution in [3.8, 4) is 0 Å². The molecule has 0 aromatic heterocycles. The van der Waals surface area contributed by atoms with Crippen LogP contribution in [0.3, 0.4) is 0 Å². The molecule has 0 amide bonds. The van der Waals surface area contributed by atoms with Gasteiger partial charge in [0.15, 0.2) is 0 Å². The third kappa shape index (κ3) is 3.09. The normalized spacial score (nSPS) is 19.6. The molecule has 0 radical (unpaired) electrons. The highest BCUT2D eigenvalue weighted by atomic mass is 14.8. The first-order chi connectivity index (χ1) is 4.50. The lowest BCUT2D eigenvalue weighted by Gasteiger charge is -1.89. The van der Waals surface area contributed by atoms with Crippen LogP contribution >= 0.6 is 0 Å². The topological polar surface area (TPSA) is 24.7 Å². The maximum atomic E-state index is 3.97. The molecule has 0 bridgehead atoms. The van der Waals surface area contributed by atoms with E-state index in [9.17, 15) is 0 Å². The number of hydrogen-bond donors (Lipinski definition) is 0. The number of nitrogens with zero attached hydrogens (tertiary/aromatic N) is 2. The van der Waals surface area contributed by atoms with Gasteiger partial charge in [0.05, 0.1) is 6.01 Å². The third-order valence-corrected chi connectivity index (χ3v) is 1.43. The van der Waals surface area contributed by atoms with Crippen LogP contribution in [0.25, 0.3) is 0 Å². The smallest absolute Gasteiger partial charge is 0.123 e. The van der Waals surface area contributed by atoms with E-state index >= 15 is 0 Å². The monoisotopic (exact) mass is 122 g/mol. The second-order valence-electron chi connectivity index (χ2n) is 2.28. The van der Waals surface area contributed by atoms with Crippen molar-refractivity contribution in [2.75, 3.05) is 13.1 Å². The lowest BCUT2D eigenvalue weighted by Crippen LogP contribution is -1.91. The molecule has 3 heteroatoms. The van der Waals surface area contributed by atoms with Crippen LogP contribution in [0.1, 0.15) is 6.42 Å². The minimum Gasteiger partial charge on any atom is -0.226 e. The Kier molecular flexibility index (Phi) is 3.16. The van der Waals surface area contributed by atoms with Crippen LogP contribution in [-0.4, -0.2) is 26.4 Å². The molecule has 0 fully saturated rings. The first kappa shape index (κ1) is 6.56. The van der Waals surface area contributed by atoms with Gasteiger partial charge in [-0.2, -0.15) is 0 Å². The summed E-state index contributed by atoms with van der Waals surface area (Å²) in [5.41, 5.74) is 0. The van der Waals surface area contributed by atoms with Gasteiger partial charge in [0.25, 0.3) is 0 Å². The Hall–Kier alpha value is -0.555. The van der Waals surface area contributed by atoms with Crippen LogP contribution in [0.5, 0.6) is 0 Å². The van der Waals surface area contributed by atoms with E-state index in [0.29, 0.717) is 0 Å². The minimum atomic E-state index is 0.920. The van der Waals surface area contributed by atoms with Gasteiger partial charge in [-0.05, 0) is 6.42 Å². The average molecular weight is 122 g/mol. The molecular formula is C6H11BN2. The lowest BCUT2D eigenvalue weighted by molar-refractivity contribution is 0.931. The summed E-state index contributed by atoms with van der Waals surface area (Å²) in [4.78, 5) is 7.95. The van der Waals surface area contributed by atoms with E-state index in [1.54, 1.807) is 0 Å². The molecule has 1 rings (SSSR count). The Morgan fingerprint density at radius 3 is 3.00 bits per heavy atom. The van der Waals surface area contributed by atoms with Gasteiger partial charge in [-0.1, -0.05) is 12.6 Å². The van der Waals surface area contributed by atoms with E-state index in [0.717, 1.165) is 13.1 Å². The highest BCUT2D eigenvalue weighted by molar-refractivity contribution is 6.35. The zero-order chi connectivity index (χ0) is 6.36. The summed E-state index contributed by atoms with van der Waals surface area (Å²) in [6, 6.07) is 2.68. The zero-order valence-corrected chi connectivity index (χ0v) is 5.64. The van der Waals surface area contributed by atoms with Crippen molar-refractivity contribution in [3.63, 3.8) is 0 Å². The van der Waals surface area contributed by atoms with Gasteiger partial charge in [0.2, 0.25) is 0 Å². The molecule has 0 aromatic carbocycles. The Morgan fingerprint density at radius 1 is 1.11 bits per heavy atom. The molecule has 0 aliphatic carbocycles. The predicted molar refractivity (Wildman–Crippen MR) is 41.0 cm³/mol. The van der Waals surface area contributed by atoms with Crippen LogP contribution < -0.4 is 0 Å². The summed E-state index contributed by atoms with van der Waals surface area (Å²) in [5, 5.41) is 0. The molecule has 1 heterocycles. The molecule has 1 aliphatic rings. The summed E-state index contributed by atoms with van der Waals surface area (Å²) < 4.78 is 0. The molecule has 0 unspecified atom stereocenters. The first-order valence-corrected chi connectivity index (χ1v) is 3.58. The van der Waals surface area contributed by atoms with Gasteiger partial charge in [0, 0.05) is 13.1 Å². The van der Waals surface area contributed by atoms with Crippen LogP contribution in [0, 0.1) is 0 Å². The summed E-state index contributed by atoms with van der Waals surface area (Å²) in [5.74, 6) is 0. The van der Waals surface area contributed by atoms with E-state index in [1.165, 1.54) is 26.3 Å². The molecule has 0 spiro atoms.